The second-order valence-electron chi connectivity index (χ2n) is 6.19. The van der Waals surface area contributed by atoms with Crippen molar-refractivity contribution in [3.8, 4) is 5.75 Å². The summed E-state index contributed by atoms with van der Waals surface area (Å²) in [6, 6.07) is 9.50. The molecule has 2 aromatic carbocycles. The molecule has 0 fully saturated rings. The number of aromatic nitrogens is 2. The predicted octanol–water partition coefficient (Wildman–Crippen LogP) is 4.90. The fraction of sp³-hybridized carbons (Fsp3) is 0.105. The van der Waals surface area contributed by atoms with E-state index in [-0.39, 0.29) is 22.3 Å². The first kappa shape index (κ1) is 19.0. The molecule has 1 aliphatic rings. The number of halogens is 4. The zero-order valence-corrected chi connectivity index (χ0v) is 15.3. The van der Waals surface area contributed by atoms with E-state index in [1.807, 2.05) is 0 Å². The molecule has 3 aromatic rings. The van der Waals surface area contributed by atoms with E-state index < -0.39 is 23.9 Å². The van der Waals surface area contributed by atoms with Crippen molar-refractivity contribution in [1.29, 1.82) is 0 Å². The van der Waals surface area contributed by atoms with Gasteiger partial charge in [0, 0.05) is 16.8 Å². The van der Waals surface area contributed by atoms with Gasteiger partial charge < -0.3 is 15.4 Å². The molecular weight excluding hydrogens is 409 g/mol. The summed E-state index contributed by atoms with van der Waals surface area (Å²) >= 11 is 5.85. The van der Waals surface area contributed by atoms with E-state index in [4.69, 9.17) is 16.3 Å². The van der Waals surface area contributed by atoms with Gasteiger partial charge >= 0.3 is 6.18 Å². The fourth-order valence-corrected chi connectivity index (χ4v) is 2.95. The molecule has 6 nitrogen and oxygen atoms in total. The van der Waals surface area contributed by atoms with Gasteiger partial charge in [-0.05, 0) is 30.3 Å². The summed E-state index contributed by atoms with van der Waals surface area (Å²) in [5, 5.41) is 5.68. The Morgan fingerprint density at radius 1 is 1.14 bits per heavy atom. The molecule has 1 aliphatic heterocycles. The minimum absolute atomic E-state index is 0.134. The Morgan fingerprint density at radius 2 is 1.97 bits per heavy atom. The maximum Gasteiger partial charge on any atom is 0.416 e. The third-order valence-corrected chi connectivity index (χ3v) is 4.26. The van der Waals surface area contributed by atoms with Crippen molar-refractivity contribution >= 4 is 29.0 Å². The van der Waals surface area contributed by atoms with Crippen LogP contribution in [0.5, 0.6) is 5.75 Å². The molecule has 2 heterocycles. The van der Waals surface area contributed by atoms with Gasteiger partial charge in [-0.2, -0.15) is 13.2 Å². The highest BCUT2D eigenvalue weighted by Crippen LogP contribution is 2.35. The van der Waals surface area contributed by atoms with Crippen molar-refractivity contribution in [1.82, 2.24) is 9.97 Å². The fourth-order valence-electron chi connectivity index (χ4n) is 2.81. The van der Waals surface area contributed by atoms with Gasteiger partial charge in [0.2, 0.25) is 0 Å². The van der Waals surface area contributed by atoms with Crippen LogP contribution in [0.1, 0.15) is 27.7 Å². The van der Waals surface area contributed by atoms with E-state index in [0.717, 1.165) is 12.1 Å². The standard InChI is InChI=1S/C19H12ClF3N4O2/c20-15-8-24-9-16(26-15)27-18-10-2-1-3-13(5-10)25-17(28)11-4-12(19(21,22)23)7-14(6-11)29-18/h1-9,18H,(H,25,28)(H,26,27)/t18-/m0/s1. The van der Waals surface area contributed by atoms with E-state index in [0.29, 0.717) is 11.3 Å². The predicted molar refractivity (Wildman–Crippen MR) is 99.9 cm³/mol. The van der Waals surface area contributed by atoms with Crippen LogP contribution in [0.3, 0.4) is 0 Å². The van der Waals surface area contributed by atoms with E-state index in [1.54, 1.807) is 24.3 Å². The van der Waals surface area contributed by atoms with Crippen LogP contribution < -0.4 is 15.4 Å². The van der Waals surface area contributed by atoms with Gasteiger partial charge in [0.1, 0.15) is 16.7 Å². The van der Waals surface area contributed by atoms with Gasteiger partial charge in [0.05, 0.1) is 18.0 Å². The number of anilines is 2. The Bertz CT molecular complexity index is 1090. The van der Waals surface area contributed by atoms with Crippen molar-refractivity contribution < 1.29 is 22.7 Å². The average molecular weight is 421 g/mol. The Hall–Kier alpha value is -3.33. The molecule has 4 rings (SSSR count). The number of nitrogens with zero attached hydrogens (tertiary/aromatic N) is 2. The number of carbonyl (C=O) groups is 1. The minimum atomic E-state index is -4.64. The van der Waals surface area contributed by atoms with Gasteiger partial charge in [-0.25, -0.2) is 4.98 Å². The molecule has 4 bridgehead atoms. The molecule has 0 saturated heterocycles. The lowest BCUT2D eigenvalue weighted by molar-refractivity contribution is -0.137. The number of carbonyl (C=O) groups excluding carboxylic acids is 1. The molecule has 1 amide bonds. The number of hydrogen-bond acceptors (Lipinski definition) is 5. The van der Waals surface area contributed by atoms with Crippen LogP contribution >= 0.6 is 11.6 Å². The molecule has 10 heteroatoms. The first-order chi connectivity index (χ1) is 13.8. The molecule has 2 N–H and O–H groups in total. The van der Waals surface area contributed by atoms with Crippen LogP contribution in [-0.4, -0.2) is 15.9 Å². The van der Waals surface area contributed by atoms with E-state index in [2.05, 4.69) is 20.6 Å². The molecule has 1 aromatic heterocycles. The van der Waals surface area contributed by atoms with E-state index >= 15 is 0 Å². The minimum Gasteiger partial charge on any atom is -0.466 e. The van der Waals surface area contributed by atoms with E-state index in [9.17, 15) is 18.0 Å². The Morgan fingerprint density at radius 3 is 2.72 bits per heavy atom. The topological polar surface area (TPSA) is 76.1 Å². The molecule has 0 saturated carbocycles. The summed E-state index contributed by atoms with van der Waals surface area (Å²) in [6.45, 7) is 0. The number of ether oxygens (including phenoxy) is 1. The maximum absolute atomic E-state index is 13.3. The zero-order valence-electron chi connectivity index (χ0n) is 14.5. The first-order valence-corrected chi connectivity index (χ1v) is 8.70. The summed E-state index contributed by atoms with van der Waals surface area (Å²) < 4.78 is 45.7. The zero-order chi connectivity index (χ0) is 20.6. The SMILES string of the molecule is O=C1Nc2cccc(c2)[C@@H](Nc2cncc(Cl)n2)Oc2cc1cc(C(F)(F)F)c2. The second-order valence-corrected chi connectivity index (χ2v) is 6.58. The van der Waals surface area contributed by atoms with E-state index in [1.165, 1.54) is 18.5 Å². The van der Waals surface area contributed by atoms with Crippen LogP contribution in [0.2, 0.25) is 5.15 Å². The lowest BCUT2D eigenvalue weighted by Gasteiger charge is -2.24. The van der Waals surface area contributed by atoms with Crippen LogP contribution in [0.15, 0.2) is 54.9 Å². The van der Waals surface area contributed by atoms with Crippen molar-refractivity contribution in [2.45, 2.75) is 12.4 Å². The number of rotatable bonds is 2. The summed E-state index contributed by atoms with van der Waals surface area (Å²) in [5.74, 6) is -0.545. The quantitative estimate of drug-likeness (QED) is 0.616. The molecule has 1 atom stereocenters. The van der Waals surface area contributed by atoms with Crippen LogP contribution in [0.25, 0.3) is 0 Å². The molecule has 148 valence electrons. The maximum atomic E-state index is 13.3. The molecule has 0 spiro atoms. The van der Waals surface area contributed by atoms with Gasteiger partial charge in [0.15, 0.2) is 6.23 Å². The van der Waals surface area contributed by atoms with Gasteiger partial charge in [0.25, 0.3) is 5.91 Å². The third-order valence-electron chi connectivity index (χ3n) is 4.08. The van der Waals surface area contributed by atoms with Crippen molar-refractivity contribution in [2.75, 3.05) is 10.6 Å². The normalized spacial score (nSPS) is 15.9. The molecule has 0 radical (unpaired) electrons. The van der Waals surface area contributed by atoms with Crippen molar-refractivity contribution in [2.24, 2.45) is 0 Å². The number of hydrogen-bond donors (Lipinski definition) is 2. The lowest BCUT2D eigenvalue weighted by atomic mass is 10.1. The molecule has 0 unspecified atom stereocenters. The van der Waals surface area contributed by atoms with Crippen molar-refractivity contribution in [3.05, 3.63) is 76.7 Å². The number of benzene rings is 2. The number of fused-ring (bicyclic) bond motifs is 4. The van der Waals surface area contributed by atoms with Crippen molar-refractivity contribution in [3.63, 3.8) is 0 Å². The monoisotopic (exact) mass is 420 g/mol. The van der Waals surface area contributed by atoms with Gasteiger partial charge in [-0.3, -0.25) is 9.78 Å². The first-order valence-electron chi connectivity index (χ1n) is 8.32. The number of nitrogens with one attached hydrogen (secondary N) is 2. The lowest BCUT2D eigenvalue weighted by Crippen LogP contribution is -2.21. The molecule has 0 aliphatic carbocycles. The number of alkyl halides is 3. The van der Waals surface area contributed by atoms with Crippen LogP contribution in [-0.2, 0) is 6.18 Å². The number of amides is 1. The summed E-state index contributed by atoms with van der Waals surface area (Å²) in [7, 11) is 0. The average Bonchev–Trinajstić information content (AvgIpc) is 2.66. The summed E-state index contributed by atoms with van der Waals surface area (Å²) in [4.78, 5) is 20.4. The second kappa shape index (κ2) is 7.25. The van der Waals surface area contributed by atoms with Gasteiger partial charge in [-0.15, -0.1) is 0 Å². The Kier molecular flexibility index (Phi) is 4.75. The van der Waals surface area contributed by atoms with Crippen LogP contribution in [0, 0.1) is 0 Å². The summed E-state index contributed by atoms with van der Waals surface area (Å²) in [6.07, 6.45) is -2.82. The Labute approximate surface area is 167 Å². The van der Waals surface area contributed by atoms with Crippen LogP contribution in [0.4, 0.5) is 24.7 Å². The summed E-state index contributed by atoms with van der Waals surface area (Å²) in [5.41, 5.74) is -0.222. The largest absolute Gasteiger partial charge is 0.466 e. The highest BCUT2D eigenvalue weighted by Gasteiger charge is 2.33. The smallest absolute Gasteiger partial charge is 0.416 e. The third kappa shape index (κ3) is 4.24. The molecular formula is C19H12ClF3N4O2. The molecule has 29 heavy (non-hydrogen) atoms. The highest BCUT2D eigenvalue weighted by atomic mass is 35.5. The van der Waals surface area contributed by atoms with Gasteiger partial charge in [-0.1, -0.05) is 23.7 Å². The Balaban J connectivity index is 1.80. The highest BCUT2D eigenvalue weighted by molar-refractivity contribution is 6.29.